The number of nitrogens with zero attached hydrogens (tertiary/aromatic N) is 1. The number of urea groups is 1. The average molecular weight is 299 g/mol. The molecule has 0 aromatic carbocycles. The Kier molecular flexibility index (Phi) is 6.44. The van der Waals surface area contributed by atoms with E-state index in [0.717, 1.165) is 29.8 Å². The number of unbranched alkanes of at least 4 members (excludes halogenated alkanes) is 1. The van der Waals surface area contributed by atoms with Crippen molar-refractivity contribution in [3.8, 4) is 0 Å². The van der Waals surface area contributed by atoms with Crippen LogP contribution in [0, 0.1) is 6.92 Å². The zero-order valence-corrected chi connectivity index (χ0v) is 12.8. The van der Waals surface area contributed by atoms with Gasteiger partial charge >= 0.3 is 12.0 Å². The summed E-state index contributed by atoms with van der Waals surface area (Å²) in [6.07, 6.45) is 2.88. The van der Waals surface area contributed by atoms with E-state index in [9.17, 15) is 9.59 Å². The zero-order chi connectivity index (χ0) is 15.1. The highest BCUT2D eigenvalue weighted by atomic mass is 32.1. The van der Waals surface area contributed by atoms with Crippen LogP contribution >= 0.6 is 11.3 Å². The number of carboxylic acids is 1. The van der Waals surface area contributed by atoms with Gasteiger partial charge in [0, 0.05) is 4.88 Å². The molecule has 20 heavy (non-hydrogen) atoms. The van der Waals surface area contributed by atoms with Gasteiger partial charge in [0.1, 0.15) is 6.04 Å². The summed E-state index contributed by atoms with van der Waals surface area (Å²) in [7, 11) is 0. The number of hydrogen-bond donors (Lipinski definition) is 3. The molecule has 0 unspecified atom stereocenters. The van der Waals surface area contributed by atoms with Crippen LogP contribution in [-0.2, 0) is 11.2 Å². The molecule has 1 heterocycles. The molecule has 2 amide bonds. The van der Waals surface area contributed by atoms with Gasteiger partial charge in [0.2, 0.25) is 0 Å². The number of aliphatic carboxylic acids is 1. The molecule has 1 aromatic rings. The van der Waals surface area contributed by atoms with Gasteiger partial charge in [-0.25, -0.2) is 14.6 Å². The van der Waals surface area contributed by atoms with Crippen molar-refractivity contribution < 1.29 is 14.7 Å². The maximum Gasteiger partial charge on any atom is 0.326 e. The first-order valence-electron chi connectivity index (χ1n) is 6.74. The average Bonchev–Trinajstić information content (AvgIpc) is 2.74. The van der Waals surface area contributed by atoms with Crippen LogP contribution in [0.15, 0.2) is 0 Å². The van der Waals surface area contributed by atoms with E-state index in [-0.39, 0.29) is 0 Å². The minimum absolute atomic E-state index is 0.427. The number of carbonyl (C=O) groups is 2. The number of hydrogen-bond acceptors (Lipinski definition) is 4. The quantitative estimate of drug-likeness (QED) is 0.722. The topological polar surface area (TPSA) is 91.3 Å². The first kappa shape index (κ1) is 16.4. The number of carbonyl (C=O) groups excluding carboxylic acids is 1. The lowest BCUT2D eigenvalue weighted by atomic mass is 10.1. The minimum atomic E-state index is -1.02. The molecule has 3 N–H and O–H groups in total. The first-order chi connectivity index (χ1) is 9.47. The third-order valence-corrected chi connectivity index (χ3v) is 3.83. The highest BCUT2D eigenvalue weighted by Gasteiger charge is 2.19. The van der Waals surface area contributed by atoms with Gasteiger partial charge in [-0.3, -0.25) is 5.32 Å². The molecule has 0 spiro atoms. The first-order valence-corrected chi connectivity index (χ1v) is 7.56. The van der Waals surface area contributed by atoms with Crippen molar-refractivity contribution in [2.24, 2.45) is 0 Å². The largest absolute Gasteiger partial charge is 0.480 e. The fourth-order valence-corrected chi connectivity index (χ4v) is 2.66. The van der Waals surface area contributed by atoms with Gasteiger partial charge in [-0.2, -0.15) is 0 Å². The number of rotatable bonds is 7. The summed E-state index contributed by atoms with van der Waals surface area (Å²) in [6.45, 7) is 5.92. The van der Waals surface area contributed by atoms with E-state index in [1.165, 1.54) is 11.3 Å². The van der Waals surface area contributed by atoms with E-state index in [4.69, 9.17) is 5.11 Å². The molecule has 0 aliphatic heterocycles. The third kappa shape index (κ3) is 4.80. The number of thiazole rings is 1. The van der Waals surface area contributed by atoms with Gasteiger partial charge in [-0.05, 0) is 19.8 Å². The number of anilines is 1. The molecule has 0 aliphatic carbocycles. The molecule has 0 radical (unpaired) electrons. The highest BCUT2D eigenvalue weighted by Crippen LogP contribution is 2.22. The summed E-state index contributed by atoms with van der Waals surface area (Å²) in [6, 6.07) is -1.38. The van der Waals surface area contributed by atoms with Crippen LogP contribution in [0.1, 0.15) is 43.7 Å². The molecule has 1 atom stereocenters. The number of amides is 2. The molecule has 0 fully saturated rings. The second-order valence-electron chi connectivity index (χ2n) is 4.51. The Balaban J connectivity index is 2.58. The third-order valence-electron chi connectivity index (χ3n) is 2.90. The molecule has 1 aromatic heterocycles. The number of carboxylic acid groups (broad SMARTS) is 1. The Bertz CT molecular complexity index is 473. The summed E-state index contributed by atoms with van der Waals surface area (Å²) in [5, 5.41) is 14.6. The summed E-state index contributed by atoms with van der Waals surface area (Å²) in [5.74, 6) is -1.02. The number of nitrogens with one attached hydrogen (secondary N) is 2. The summed E-state index contributed by atoms with van der Waals surface area (Å²) in [5.41, 5.74) is 0.950. The standard InChI is InChI=1S/C13H21N3O3S/c1-4-6-7-10(11(17)18)14-12(19)16-13-15-9(5-2)8(3)20-13/h10H,4-7H2,1-3H3,(H,17,18)(H2,14,15,16,19)/t10-/m0/s1. The molecule has 112 valence electrons. The van der Waals surface area contributed by atoms with Crippen LogP contribution < -0.4 is 10.6 Å². The lowest BCUT2D eigenvalue weighted by Gasteiger charge is -2.13. The van der Waals surface area contributed by atoms with Crippen molar-refractivity contribution in [2.45, 2.75) is 52.5 Å². The Morgan fingerprint density at radius 1 is 1.40 bits per heavy atom. The lowest BCUT2D eigenvalue weighted by Crippen LogP contribution is -2.42. The normalized spacial score (nSPS) is 11.9. The summed E-state index contributed by atoms with van der Waals surface area (Å²) >= 11 is 1.39. The molecular formula is C13H21N3O3S. The van der Waals surface area contributed by atoms with Crippen molar-refractivity contribution in [3.05, 3.63) is 10.6 Å². The van der Waals surface area contributed by atoms with Crippen molar-refractivity contribution in [1.82, 2.24) is 10.3 Å². The molecule has 0 saturated heterocycles. The lowest BCUT2D eigenvalue weighted by molar-refractivity contribution is -0.139. The van der Waals surface area contributed by atoms with Crippen molar-refractivity contribution in [2.75, 3.05) is 5.32 Å². The van der Waals surface area contributed by atoms with Gasteiger partial charge < -0.3 is 10.4 Å². The molecular weight excluding hydrogens is 278 g/mol. The monoisotopic (exact) mass is 299 g/mol. The van der Waals surface area contributed by atoms with E-state index in [1.807, 2.05) is 20.8 Å². The Labute approximate surface area is 122 Å². The molecule has 1 rings (SSSR count). The Morgan fingerprint density at radius 2 is 2.10 bits per heavy atom. The smallest absolute Gasteiger partial charge is 0.326 e. The zero-order valence-electron chi connectivity index (χ0n) is 12.0. The second-order valence-corrected chi connectivity index (χ2v) is 5.71. The molecule has 0 saturated carbocycles. The molecule has 0 aliphatic rings. The maximum atomic E-state index is 11.8. The Hall–Kier alpha value is -1.63. The van der Waals surface area contributed by atoms with Gasteiger partial charge in [-0.1, -0.05) is 26.7 Å². The maximum absolute atomic E-state index is 11.8. The van der Waals surface area contributed by atoms with E-state index >= 15 is 0 Å². The predicted molar refractivity (Wildman–Crippen MR) is 79.3 cm³/mol. The van der Waals surface area contributed by atoms with Crippen molar-refractivity contribution in [3.63, 3.8) is 0 Å². The van der Waals surface area contributed by atoms with Gasteiger partial charge in [-0.15, -0.1) is 11.3 Å². The van der Waals surface area contributed by atoms with E-state index in [1.54, 1.807) is 0 Å². The van der Waals surface area contributed by atoms with E-state index in [0.29, 0.717) is 11.6 Å². The van der Waals surface area contributed by atoms with Crippen LogP contribution in [0.4, 0.5) is 9.93 Å². The number of aryl methyl sites for hydroxylation is 2. The molecule has 7 heteroatoms. The van der Waals surface area contributed by atoms with Crippen LogP contribution in [0.5, 0.6) is 0 Å². The highest BCUT2D eigenvalue weighted by molar-refractivity contribution is 7.15. The van der Waals surface area contributed by atoms with Gasteiger partial charge in [0.25, 0.3) is 0 Å². The Morgan fingerprint density at radius 3 is 2.60 bits per heavy atom. The fourth-order valence-electron chi connectivity index (χ4n) is 1.77. The van der Waals surface area contributed by atoms with Gasteiger partial charge in [0.15, 0.2) is 5.13 Å². The number of aromatic nitrogens is 1. The SMILES string of the molecule is CCCC[C@H](NC(=O)Nc1nc(CC)c(C)s1)C(=O)O. The second kappa shape index (κ2) is 7.84. The fraction of sp³-hybridized carbons (Fsp3) is 0.615. The van der Waals surface area contributed by atoms with Crippen LogP contribution in [-0.4, -0.2) is 28.1 Å². The van der Waals surface area contributed by atoms with Crippen molar-refractivity contribution >= 4 is 28.5 Å². The van der Waals surface area contributed by atoms with Crippen LogP contribution in [0.25, 0.3) is 0 Å². The summed E-state index contributed by atoms with van der Waals surface area (Å²) < 4.78 is 0. The van der Waals surface area contributed by atoms with Gasteiger partial charge in [0.05, 0.1) is 5.69 Å². The predicted octanol–water partition coefficient (Wildman–Crippen LogP) is 2.78. The molecule has 6 nitrogen and oxygen atoms in total. The minimum Gasteiger partial charge on any atom is -0.480 e. The molecule has 0 bridgehead atoms. The van der Waals surface area contributed by atoms with E-state index in [2.05, 4.69) is 15.6 Å². The van der Waals surface area contributed by atoms with Crippen LogP contribution in [0.3, 0.4) is 0 Å². The van der Waals surface area contributed by atoms with E-state index < -0.39 is 18.0 Å². The summed E-state index contributed by atoms with van der Waals surface area (Å²) in [4.78, 5) is 28.2. The van der Waals surface area contributed by atoms with Crippen molar-refractivity contribution in [1.29, 1.82) is 0 Å². The van der Waals surface area contributed by atoms with Crippen LogP contribution in [0.2, 0.25) is 0 Å².